The molecule has 21 heavy (non-hydrogen) atoms. The van der Waals surface area contributed by atoms with Crippen LogP contribution in [-0.4, -0.2) is 47.1 Å². The number of hydrogen-bond acceptors (Lipinski definition) is 5. The van der Waals surface area contributed by atoms with Gasteiger partial charge in [0.15, 0.2) is 0 Å². The van der Waals surface area contributed by atoms with Crippen LogP contribution in [0, 0.1) is 13.8 Å². The first-order valence-electron chi connectivity index (χ1n) is 7.85. The van der Waals surface area contributed by atoms with E-state index in [0.717, 1.165) is 42.7 Å². The zero-order valence-corrected chi connectivity index (χ0v) is 14.2. The molecule has 0 spiro atoms. The number of anilines is 1. The average Bonchev–Trinajstić information content (AvgIpc) is 3.08. The molecule has 0 N–H and O–H groups in total. The Labute approximate surface area is 130 Å². The topological polar surface area (TPSA) is 32.3 Å². The van der Waals surface area contributed by atoms with Gasteiger partial charge in [0, 0.05) is 19.1 Å². The molecule has 3 rings (SSSR count). The summed E-state index contributed by atoms with van der Waals surface area (Å²) in [6, 6.07) is 0.657. The minimum Gasteiger partial charge on any atom is -0.354 e. The quantitative estimate of drug-likeness (QED) is 0.868. The maximum absolute atomic E-state index is 4.76. The van der Waals surface area contributed by atoms with Crippen molar-refractivity contribution in [1.29, 1.82) is 0 Å². The number of likely N-dealkylation sites (N-methyl/N-ethyl adjacent to an activating group) is 1. The molecule has 2 aromatic rings. The third-order valence-corrected chi connectivity index (χ3v) is 5.49. The molecule has 1 aliphatic rings. The molecular formula is C16H24N4S. The minimum atomic E-state index is 0.657. The van der Waals surface area contributed by atoms with E-state index < -0.39 is 0 Å². The van der Waals surface area contributed by atoms with Crippen LogP contribution in [0.4, 0.5) is 5.82 Å². The lowest BCUT2D eigenvalue weighted by molar-refractivity contribution is 0.232. The first-order chi connectivity index (χ1) is 10.1. The van der Waals surface area contributed by atoms with Crippen molar-refractivity contribution < 1.29 is 0 Å². The van der Waals surface area contributed by atoms with E-state index in [2.05, 4.69) is 40.9 Å². The lowest BCUT2D eigenvalue weighted by atomic mass is 10.2. The van der Waals surface area contributed by atoms with Crippen molar-refractivity contribution in [3.05, 3.63) is 16.8 Å². The number of nitrogens with zero attached hydrogens (tertiary/aromatic N) is 4. The van der Waals surface area contributed by atoms with Gasteiger partial charge in [0.25, 0.3) is 0 Å². The highest BCUT2D eigenvalue weighted by Crippen LogP contribution is 2.33. The van der Waals surface area contributed by atoms with Crippen LogP contribution in [0.3, 0.4) is 0 Å². The molecule has 114 valence electrons. The molecule has 1 aliphatic heterocycles. The van der Waals surface area contributed by atoms with E-state index in [-0.39, 0.29) is 0 Å². The lowest BCUT2D eigenvalue weighted by Gasteiger charge is -2.26. The Kier molecular flexibility index (Phi) is 4.13. The molecule has 0 bridgehead atoms. The molecule has 4 nitrogen and oxygen atoms in total. The number of aromatic nitrogens is 2. The van der Waals surface area contributed by atoms with Crippen LogP contribution in [0.15, 0.2) is 5.38 Å². The van der Waals surface area contributed by atoms with Gasteiger partial charge in [-0.05, 0) is 44.3 Å². The van der Waals surface area contributed by atoms with Crippen molar-refractivity contribution in [3.8, 4) is 0 Å². The van der Waals surface area contributed by atoms with Crippen molar-refractivity contribution in [2.45, 2.75) is 40.2 Å². The zero-order chi connectivity index (χ0) is 15.0. The van der Waals surface area contributed by atoms with Gasteiger partial charge in [-0.25, -0.2) is 9.97 Å². The fourth-order valence-electron chi connectivity index (χ4n) is 3.37. The molecular weight excluding hydrogens is 280 g/mol. The second-order valence-corrected chi connectivity index (χ2v) is 6.66. The highest BCUT2D eigenvalue weighted by atomic mass is 32.1. The van der Waals surface area contributed by atoms with E-state index in [1.165, 1.54) is 17.4 Å². The standard InChI is InChI=1S/C16H24N4S/c1-5-19(6-2)13-7-8-20(9-13)15-14-11(3)10-21-16(14)18-12(4)17-15/h10,13H,5-9H2,1-4H3. The maximum atomic E-state index is 4.76. The molecule has 1 atom stereocenters. The van der Waals surface area contributed by atoms with Crippen LogP contribution in [0.1, 0.15) is 31.7 Å². The van der Waals surface area contributed by atoms with E-state index in [0.29, 0.717) is 6.04 Å². The van der Waals surface area contributed by atoms with Crippen LogP contribution >= 0.6 is 11.3 Å². The predicted molar refractivity (Wildman–Crippen MR) is 90.4 cm³/mol. The van der Waals surface area contributed by atoms with Crippen molar-refractivity contribution >= 4 is 27.4 Å². The fraction of sp³-hybridized carbons (Fsp3) is 0.625. The van der Waals surface area contributed by atoms with E-state index in [1.54, 1.807) is 11.3 Å². The number of rotatable bonds is 4. The molecule has 3 heterocycles. The Hall–Kier alpha value is -1.20. The summed E-state index contributed by atoms with van der Waals surface area (Å²) >= 11 is 1.73. The van der Waals surface area contributed by atoms with Gasteiger partial charge in [-0.15, -0.1) is 11.3 Å². The van der Waals surface area contributed by atoms with Gasteiger partial charge >= 0.3 is 0 Å². The summed E-state index contributed by atoms with van der Waals surface area (Å²) in [4.78, 5) is 15.5. The summed E-state index contributed by atoms with van der Waals surface area (Å²) in [6.07, 6.45) is 1.23. The van der Waals surface area contributed by atoms with Crippen molar-refractivity contribution in [2.75, 3.05) is 31.1 Å². The Bertz CT molecular complexity index is 632. The second-order valence-electron chi connectivity index (χ2n) is 5.80. The van der Waals surface area contributed by atoms with Gasteiger partial charge in [0.1, 0.15) is 16.5 Å². The summed E-state index contributed by atoms with van der Waals surface area (Å²) in [6.45, 7) is 13.1. The Balaban J connectivity index is 1.93. The first-order valence-corrected chi connectivity index (χ1v) is 8.73. The fourth-order valence-corrected chi connectivity index (χ4v) is 4.33. The molecule has 0 radical (unpaired) electrons. The van der Waals surface area contributed by atoms with E-state index in [9.17, 15) is 0 Å². The van der Waals surface area contributed by atoms with E-state index in [4.69, 9.17) is 4.98 Å². The molecule has 1 unspecified atom stereocenters. The van der Waals surface area contributed by atoms with Gasteiger partial charge in [0.2, 0.25) is 0 Å². The van der Waals surface area contributed by atoms with Gasteiger partial charge < -0.3 is 4.90 Å². The molecule has 1 saturated heterocycles. The second kappa shape index (κ2) is 5.89. The number of aryl methyl sites for hydroxylation is 2. The van der Waals surface area contributed by atoms with Gasteiger partial charge in [-0.2, -0.15) is 0 Å². The van der Waals surface area contributed by atoms with Crippen molar-refractivity contribution in [1.82, 2.24) is 14.9 Å². The summed E-state index contributed by atoms with van der Waals surface area (Å²) in [5.41, 5.74) is 1.30. The first kappa shape index (κ1) is 14.7. The largest absolute Gasteiger partial charge is 0.354 e. The molecule has 2 aromatic heterocycles. The molecule has 0 aliphatic carbocycles. The van der Waals surface area contributed by atoms with Crippen LogP contribution < -0.4 is 4.90 Å². The van der Waals surface area contributed by atoms with Crippen LogP contribution in [0.25, 0.3) is 10.2 Å². The molecule has 1 fully saturated rings. The lowest BCUT2D eigenvalue weighted by Crippen LogP contribution is -2.37. The summed E-state index contributed by atoms with van der Waals surface area (Å²) in [7, 11) is 0. The van der Waals surface area contributed by atoms with Crippen LogP contribution in [0.5, 0.6) is 0 Å². The molecule has 5 heteroatoms. The minimum absolute atomic E-state index is 0.657. The summed E-state index contributed by atoms with van der Waals surface area (Å²) < 4.78 is 0. The van der Waals surface area contributed by atoms with Gasteiger partial charge in [-0.1, -0.05) is 13.8 Å². The number of fused-ring (bicyclic) bond motifs is 1. The molecule has 0 amide bonds. The Morgan fingerprint density at radius 2 is 2.05 bits per heavy atom. The number of hydrogen-bond donors (Lipinski definition) is 0. The molecule has 0 aromatic carbocycles. The number of thiophene rings is 1. The monoisotopic (exact) mass is 304 g/mol. The van der Waals surface area contributed by atoms with Gasteiger partial charge in [-0.3, -0.25) is 4.90 Å². The Morgan fingerprint density at radius 1 is 1.29 bits per heavy atom. The predicted octanol–water partition coefficient (Wildman–Crippen LogP) is 3.23. The molecule has 0 saturated carbocycles. The Morgan fingerprint density at radius 3 is 2.76 bits per heavy atom. The normalized spacial score (nSPS) is 19.1. The summed E-state index contributed by atoms with van der Waals surface area (Å²) in [5.74, 6) is 2.02. The van der Waals surface area contributed by atoms with Crippen molar-refractivity contribution in [2.24, 2.45) is 0 Å². The third kappa shape index (κ3) is 2.64. The zero-order valence-electron chi connectivity index (χ0n) is 13.4. The van der Waals surface area contributed by atoms with E-state index >= 15 is 0 Å². The highest BCUT2D eigenvalue weighted by molar-refractivity contribution is 7.17. The average molecular weight is 304 g/mol. The van der Waals surface area contributed by atoms with Crippen LogP contribution in [-0.2, 0) is 0 Å². The summed E-state index contributed by atoms with van der Waals surface area (Å²) in [5, 5.41) is 3.45. The highest BCUT2D eigenvalue weighted by Gasteiger charge is 2.28. The van der Waals surface area contributed by atoms with Crippen molar-refractivity contribution in [3.63, 3.8) is 0 Å². The van der Waals surface area contributed by atoms with Crippen LogP contribution in [0.2, 0.25) is 0 Å². The maximum Gasteiger partial charge on any atom is 0.141 e. The smallest absolute Gasteiger partial charge is 0.141 e. The third-order valence-electron chi connectivity index (χ3n) is 4.50. The van der Waals surface area contributed by atoms with E-state index in [1.807, 2.05) is 6.92 Å². The van der Waals surface area contributed by atoms with Gasteiger partial charge in [0.05, 0.1) is 5.39 Å². The SMILES string of the molecule is CCN(CC)C1CCN(c2nc(C)nc3scc(C)c23)C1.